The van der Waals surface area contributed by atoms with E-state index in [4.69, 9.17) is 4.74 Å². The third-order valence-corrected chi connectivity index (χ3v) is 3.78. The number of hydrogen-bond acceptors (Lipinski definition) is 3. The quantitative estimate of drug-likeness (QED) is 0.721. The van der Waals surface area contributed by atoms with Gasteiger partial charge in [-0.2, -0.15) is 5.10 Å². The third kappa shape index (κ3) is 2.78. The monoisotopic (exact) mass is 363 g/mol. The van der Waals surface area contributed by atoms with Crippen LogP contribution in [0.4, 0.5) is 4.79 Å². The molecule has 0 aliphatic carbocycles. The molecule has 0 saturated heterocycles. The van der Waals surface area contributed by atoms with Crippen LogP contribution < -0.4 is 0 Å². The van der Waals surface area contributed by atoms with E-state index in [9.17, 15) is 4.79 Å². The van der Waals surface area contributed by atoms with Gasteiger partial charge in [0, 0.05) is 23.7 Å². The number of nitrogens with zero attached hydrogens (tertiary/aromatic N) is 2. The van der Waals surface area contributed by atoms with Crippen molar-refractivity contribution in [3.8, 4) is 0 Å². The zero-order valence-corrected chi connectivity index (χ0v) is 13.2. The summed E-state index contributed by atoms with van der Waals surface area (Å²) in [5.74, 6) is 0. The Hall–Kier alpha value is -0.790. The minimum absolute atomic E-state index is 0.128. The number of aromatic amines is 1. The zero-order chi connectivity index (χ0) is 13.5. The molecule has 1 N–H and O–H groups in total. The lowest BCUT2D eigenvalue weighted by Crippen LogP contribution is -2.45. The minimum atomic E-state index is -0.458. The summed E-state index contributed by atoms with van der Waals surface area (Å²) in [5.41, 5.74) is 1.78. The molecule has 0 fully saturated rings. The van der Waals surface area contributed by atoms with Crippen LogP contribution in [-0.2, 0) is 17.7 Å². The lowest BCUT2D eigenvalue weighted by Gasteiger charge is -2.34. The van der Waals surface area contributed by atoms with Crippen molar-refractivity contribution in [1.82, 2.24) is 15.1 Å². The highest BCUT2D eigenvalue weighted by Gasteiger charge is 2.32. The number of H-pyrrole nitrogens is 1. The van der Waals surface area contributed by atoms with Crippen molar-refractivity contribution in [1.29, 1.82) is 0 Å². The first-order valence-corrected chi connectivity index (χ1v) is 7.07. The van der Waals surface area contributed by atoms with Crippen molar-refractivity contribution in [2.24, 2.45) is 0 Å². The molecule has 1 amide bonds. The van der Waals surface area contributed by atoms with Gasteiger partial charge in [-0.15, -0.1) is 0 Å². The second-order valence-corrected chi connectivity index (χ2v) is 6.65. The summed E-state index contributed by atoms with van der Waals surface area (Å²) in [6.45, 7) is 8.24. The van der Waals surface area contributed by atoms with Crippen LogP contribution in [0.25, 0.3) is 0 Å². The maximum atomic E-state index is 12.1. The Morgan fingerprint density at radius 3 is 2.83 bits per heavy atom. The van der Waals surface area contributed by atoms with Gasteiger partial charge in [-0.05, 0) is 50.3 Å². The zero-order valence-electron chi connectivity index (χ0n) is 11.1. The third-order valence-electron chi connectivity index (χ3n) is 2.89. The van der Waals surface area contributed by atoms with E-state index in [1.54, 1.807) is 4.90 Å². The van der Waals surface area contributed by atoms with Gasteiger partial charge in [0.15, 0.2) is 0 Å². The molecule has 0 radical (unpaired) electrons. The van der Waals surface area contributed by atoms with Gasteiger partial charge in [0.2, 0.25) is 0 Å². The van der Waals surface area contributed by atoms with Crippen LogP contribution in [0.5, 0.6) is 0 Å². The Morgan fingerprint density at radius 2 is 2.22 bits per heavy atom. The summed E-state index contributed by atoms with van der Waals surface area (Å²) in [6.07, 6.45) is 0.544. The van der Waals surface area contributed by atoms with E-state index in [1.807, 2.05) is 27.7 Å². The number of fused-ring (bicyclic) bond motifs is 1. The smallest absolute Gasteiger partial charge is 0.410 e. The standard InChI is InChI=1S/C12H18IN3O2/c1-7-5-9-8(10(13)15-14-9)6-16(7)11(17)18-12(2,3)4/h7H,5-6H2,1-4H3,(H,14,15). The summed E-state index contributed by atoms with van der Waals surface area (Å²) < 4.78 is 6.37. The van der Waals surface area contributed by atoms with Crippen molar-refractivity contribution >= 4 is 28.7 Å². The summed E-state index contributed by atoms with van der Waals surface area (Å²) in [6, 6.07) is 0.128. The molecule has 100 valence electrons. The molecule has 1 aliphatic heterocycles. The normalized spacial score (nSPS) is 19.6. The molecular weight excluding hydrogens is 345 g/mol. The van der Waals surface area contributed by atoms with E-state index < -0.39 is 5.60 Å². The van der Waals surface area contributed by atoms with Crippen molar-refractivity contribution in [3.05, 3.63) is 15.0 Å². The van der Waals surface area contributed by atoms with Crippen LogP contribution in [0.15, 0.2) is 0 Å². The fraction of sp³-hybridized carbons (Fsp3) is 0.667. The lowest BCUT2D eigenvalue weighted by molar-refractivity contribution is 0.0137. The van der Waals surface area contributed by atoms with Gasteiger partial charge in [-0.3, -0.25) is 5.10 Å². The van der Waals surface area contributed by atoms with Gasteiger partial charge >= 0.3 is 6.09 Å². The van der Waals surface area contributed by atoms with Gasteiger partial charge in [0.1, 0.15) is 9.30 Å². The number of nitrogens with one attached hydrogen (secondary N) is 1. The molecule has 1 unspecified atom stereocenters. The maximum Gasteiger partial charge on any atom is 0.410 e. The number of rotatable bonds is 0. The molecule has 18 heavy (non-hydrogen) atoms. The van der Waals surface area contributed by atoms with E-state index in [2.05, 4.69) is 32.8 Å². The first-order valence-electron chi connectivity index (χ1n) is 5.99. The van der Waals surface area contributed by atoms with Gasteiger partial charge in [-0.1, -0.05) is 0 Å². The van der Waals surface area contributed by atoms with Gasteiger partial charge in [0.05, 0.1) is 6.54 Å². The fourth-order valence-electron chi connectivity index (χ4n) is 2.00. The Bertz CT molecular complexity index is 464. The molecule has 1 atom stereocenters. The molecule has 2 rings (SSSR count). The molecule has 0 saturated carbocycles. The van der Waals surface area contributed by atoms with Crippen LogP contribution >= 0.6 is 22.6 Å². The first kappa shape index (κ1) is 13.6. The Balaban J connectivity index is 2.16. The average molecular weight is 363 g/mol. The maximum absolute atomic E-state index is 12.1. The molecule has 0 bridgehead atoms. The van der Waals surface area contributed by atoms with E-state index in [0.717, 1.165) is 21.4 Å². The first-order chi connectivity index (χ1) is 8.28. The Kier molecular flexibility index (Phi) is 3.57. The predicted octanol–water partition coefficient (Wildman–Crippen LogP) is 2.70. The largest absolute Gasteiger partial charge is 0.444 e. The van der Waals surface area contributed by atoms with Crippen LogP contribution in [-0.4, -0.2) is 32.8 Å². The van der Waals surface area contributed by atoms with Gasteiger partial charge < -0.3 is 9.64 Å². The van der Waals surface area contributed by atoms with Crippen molar-refractivity contribution in [2.45, 2.75) is 52.3 Å². The van der Waals surface area contributed by atoms with E-state index >= 15 is 0 Å². The Labute approximate surface area is 120 Å². The van der Waals surface area contributed by atoms with Gasteiger partial charge in [0.25, 0.3) is 0 Å². The number of ether oxygens (including phenoxy) is 1. The summed E-state index contributed by atoms with van der Waals surface area (Å²) in [5, 5.41) is 7.21. The predicted molar refractivity (Wildman–Crippen MR) is 76.2 cm³/mol. The number of halogens is 1. The lowest BCUT2D eigenvalue weighted by atomic mass is 10.0. The SMILES string of the molecule is CC1Cc2[nH]nc(I)c2CN1C(=O)OC(C)(C)C. The molecular formula is C12H18IN3O2. The van der Waals surface area contributed by atoms with Crippen LogP contribution in [0.1, 0.15) is 39.0 Å². The Morgan fingerprint density at radius 1 is 1.56 bits per heavy atom. The van der Waals surface area contributed by atoms with Crippen LogP contribution in [0.3, 0.4) is 0 Å². The van der Waals surface area contributed by atoms with Gasteiger partial charge in [-0.25, -0.2) is 4.79 Å². The molecule has 1 aromatic heterocycles. The minimum Gasteiger partial charge on any atom is -0.444 e. The highest BCUT2D eigenvalue weighted by Crippen LogP contribution is 2.26. The highest BCUT2D eigenvalue weighted by molar-refractivity contribution is 14.1. The molecule has 1 aromatic rings. The van der Waals surface area contributed by atoms with Crippen molar-refractivity contribution in [2.75, 3.05) is 0 Å². The second-order valence-electron chi connectivity index (χ2n) is 5.63. The van der Waals surface area contributed by atoms with Crippen LogP contribution in [0, 0.1) is 3.70 Å². The van der Waals surface area contributed by atoms with E-state index in [0.29, 0.717) is 6.54 Å². The number of aromatic nitrogens is 2. The highest BCUT2D eigenvalue weighted by atomic mass is 127. The summed E-state index contributed by atoms with van der Waals surface area (Å²) in [7, 11) is 0. The average Bonchev–Trinajstić information content (AvgIpc) is 2.56. The number of carbonyl (C=O) groups excluding carboxylic acids is 1. The number of carbonyl (C=O) groups is 1. The van der Waals surface area contributed by atoms with Crippen molar-refractivity contribution < 1.29 is 9.53 Å². The number of hydrogen-bond donors (Lipinski definition) is 1. The molecule has 6 heteroatoms. The van der Waals surface area contributed by atoms with E-state index in [1.165, 1.54) is 0 Å². The van der Waals surface area contributed by atoms with Crippen LogP contribution in [0.2, 0.25) is 0 Å². The molecule has 0 spiro atoms. The topological polar surface area (TPSA) is 58.2 Å². The molecule has 1 aliphatic rings. The second kappa shape index (κ2) is 4.71. The summed E-state index contributed by atoms with van der Waals surface area (Å²) >= 11 is 2.19. The fourth-order valence-corrected chi connectivity index (χ4v) is 2.62. The number of amides is 1. The molecule has 0 aromatic carbocycles. The molecule has 5 nitrogen and oxygen atoms in total. The van der Waals surface area contributed by atoms with Crippen molar-refractivity contribution in [3.63, 3.8) is 0 Å². The molecule has 2 heterocycles. The summed E-state index contributed by atoms with van der Waals surface area (Å²) in [4.78, 5) is 13.9. The van der Waals surface area contributed by atoms with E-state index in [-0.39, 0.29) is 12.1 Å².